The van der Waals surface area contributed by atoms with E-state index in [0.29, 0.717) is 0 Å². The number of phenols is 4. The normalized spacial score (nSPS) is 10.8. The van der Waals surface area contributed by atoms with Gasteiger partial charge in [-0.2, -0.15) is 0 Å². The van der Waals surface area contributed by atoms with Gasteiger partial charge in [0, 0.05) is 11.6 Å². The molecule has 0 saturated carbocycles. The summed E-state index contributed by atoms with van der Waals surface area (Å²) in [5, 5.41) is 49.8. The second-order valence-corrected chi connectivity index (χ2v) is 5.56. The zero-order chi connectivity index (χ0) is 20.7. The Kier molecular flexibility index (Phi) is 4.35. The van der Waals surface area contributed by atoms with Crippen LogP contribution < -0.4 is 14.9 Å². The molecule has 4 N–H and O–H groups in total. The summed E-state index contributed by atoms with van der Waals surface area (Å²) in [4.78, 5) is 22.9. The summed E-state index contributed by atoms with van der Waals surface area (Å²) >= 11 is 0. The van der Waals surface area contributed by atoms with Gasteiger partial charge in [-0.15, -0.1) is 0 Å². The maximum Gasteiger partial charge on any atom is 0.352 e. The molecule has 2 aromatic carbocycles. The van der Waals surface area contributed by atoms with Crippen molar-refractivity contribution in [3.8, 4) is 45.8 Å². The predicted octanol–water partition coefficient (Wildman–Crippen LogP) is 2.21. The molecular formula is C17H13NO10. The number of nitrogens with zero attached hydrogens (tertiary/aromatic N) is 1. The van der Waals surface area contributed by atoms with Crippen LogP contribution in [0.2, 0.25) is 0 Å². The Labute approximate surface area is 155 Å². The number of phenolic OH excluding ortho intramolecular Hbond substituents is 4. The van der Waals surface area contributed by atoms with E-state index in [0.717, 1.165) is 6.07 Å². The van der Waals surface area contributed by atoms with Crippen molar-refractivity contribution in [2.75, 3.05) is 14.2 Å². The lowest BCUT2D eigenvalue weighted by Crippen LogP contribution is -2.02. The Morgan fingerprint density at radius 2 is 1.46 bits per heavy atom. The second-order valence-electron chi connectivity index (χ2n) is 5.56. The summed E-state index contributed by atoms with van der Waals surface area (Å²) in [6.45, 7) is 0. The molecule has 0 bridgehead atoms. The Hall–Kier alpha value is -4.15. The number of fused-ring (bicyclic) bond motifs is 1. The van der Waals surface area contributed by atoms with Gasteiger partial charge in [-0.3, -0.25) is 14.9 Å². The number of methoxy groups -OCH3 is 2. The van der Waals surface area contributed by atoms with Crippen molar-refractivity contribution in [3.63, 3.8) is 0 Å². The minimum Gasteiger partial charge on any atom is -0.504 e. The highest BCUT2D eigenvalue weighted by Crippen LogP contribution is 2.48. The molecule has 0 aliphatic carbocycles. The van der Waals surface area contributed by atoms with E-state index in [1.54, 1.807) is 0 Å². The van der Waals surface area contributed by atoms with Crippen molar-refractivity contribution < 1.29 is 39.2 Å². The van der Waals surface area contributed by atoms with Gasteiger partial charge in [0.1, 0.15) is 11.1 Å². The molecule has 0 unspecified atom stereocenters. The van der Waals surface area contributed by atoms with Gasteiger partial charge in [-0.25, -0.2) is 0 Å². The Morgan fingerprint density at radius 3 is 1.96 bits per heavy atom. The molecule has 0 radical (unpaired) electrons. The lowest BCUT2D eigenvalue weighted by atomic mass is 10.1. The van der Waals surface area contributed by atoms with E-state index in [2.05, 4.69) is 0 Å². The van der Waals surface area contributed by atoms with Crippen LogP contribution in [0.1, 0.15) is 0 Å². The minimum absolute atomic E-state index is 0.116. The number of hydrogen-bond donors (Lipinski definition) is 4. The molecule has 0 aliphatic heterocycles. The van der Waals surface area contributed by atoms with Gasteiger partial charge in [0.05, 0.1) is 19.1 Å². The average molecular weight is 391 g/mol. The van der Waals surface area contributed by atoms with E-state index >= 15 is 0 Å². The Bertz CT molecular complexity index is 1160. The molecule has 0 saturated heterocycles. The summed E-state index contributed by atoms with van der Waals surface area (Å²) in [6.07, 6.45) is 0. The maximum atomic E-state index is 12.4. The van der Waals surface area contributed by atoms with Gasteiger partial charge in [-0.05, 0) is 12.1 Å². The first-order valence-electron chi connectivity index (χ1n) is 7.55. The smallest absolute Gasteiger partial charge is 0.352 e. The fraction of sp³-hybridized carbons (Fsp3) is 0.118. The summed E-state index contributed by atoms with van der Waals surface area (Å²) in [6, 6.07) is 3.35. The summed E-state index contributed by atoms with van der Waals surface area (Å²) in [5.74, 6) is -4.63. The minimum atomic E-state index is -1.08. The predicted molar refractivity (Wildman–Crippen MR) is 94.3 cm³/mol. The molecule has 0 atom stereocenters. The fourth-order valence-electron chi connectivity index (χ4n) is 2.69. The molecule has 11 nitrogen and oxygen atoms in total. The van der Waals surface area contributed by atoms with Gasteiger partial charge in [0.15, 0.2) is 16.8 Å². The molecule has 1 aromatic heterocycles. The number of nitro benzene ring substituents is 1. The first kappa shape index (κ1) is 18.6. The number of nitro groups is 1. The van der Waals surface area contributed by atoms with Crippen LogP contribution in [-0.2, 0) is 0 Å². The quantitative estimate of drug-likeness (QED) is 0.223. The third-order valence-electron chi connectivity index (χ3n) is 4.02. The largest absolute Gasteiger partial charge is 0.504 e. The number of rotatable bonds is 4. The van der Waals surface area contributed by atoms with Gasteiger partial charge < -0.3 is 34.3 Å². The Balaban J connectivity index is 2.37. The third-order valence-corrected chi connectivity index (χ3v) is 4.02. The topological polar surface area (TPSA) is 173 Å². The standard InChI is InChI=1S/C17H13NO10/c1-26-9-3-6(4-10(27-2)12(9)18(24)25)8-5-7(19)11-13(20)14(21)15(22)16(23)17(11)28-8/h3-5,20-23H,1-2H3. The van der Waals surface area contributed by atoms with Gasteiger partial charge in [0.25, 0.3) is 0 Å². The molecule has 3 rings (SSSR count). The van der Waals surface area contributed by atoms with Crippen molar-refractivity contribution in [1.82, 2.24) is 0 Å². The van der Waals surface area contributed by atoms with Crippen molar-refractivity contribution >= 4 is 16.7 Å². The molecule has 146 valence electrons. The van der Waals surface area contributed by atoms with E-state index in [4.69, 9.17) is 13.9 Å². The van der Waals surface area contributed by atoms with E-state index in [1.165, 1.54) is 26.4 Å². The van der Waals surface area contributed by atoms with Crippen LogP contribution in [0.4, 0.5) is 5.69 Å². The zero-order valence-electron chi connectivity index (χ0n) is 14.4. The number of hydrogen-bond acceptors (Lipinski definition) is 10. The van der Waals surface area contributed by atoms with E-state index in [-0.39, 0.29) is 22.8 Å². The molecule has 0 aliphatic rings. The van der Waals surface area contributed by atoms with Crippen LogP contribution in [0.25, 0.3) is 22.3 Å². The molecule has 11 heteroatoms. The molecule has 0 fully saturated rings. The van der Waals surface area contributed by atoms with Crippen molar-refractivity contribution in [2.24, 2.45) is 0 Å². The Morgan fingerprint density at radius 1 is 0.929 bits per heavy atom. The van der Waals surface area contributed by atoms with Crippen molar-refractivity contribution in [3.05, 3.63) is 38.5 Å². The van der Waals surface area contributed by atoms with Crippen molar-refractivity contribution in [2.45, 2.75) is 0 Å². The summed E-state index contributed by atoms with van der Waals surface area (Å²) in [7, 11) is 2.40. The highest BCUT2D eigenvalue weighted by Gasteiger charge is 2.26. The highest BCUT2D eigenvalue weighted by atomic mass is 16.6. The average Bonchev–Trinajstić information content (AvgIpc) is 2.68. The van der Waals surface area contributed by atoms with Crippen LogP contribution in [0, 0.1) is 10.1 Å². The molecule has 1 heterocycles. The first-order valence-corrected chi connectivity index (χ1v) is 7.55. The van der Waals surface area contributed by atoms with Crippen LogP contribution in [0.3, 0.4) is 0 Å². The van der Waals surface area contributed by atoms with Crippen LogP contribution in [-0.4, -0.2) is 39.6 Å². The van der Waals surface area contributed by atoms with E-state index in [9.17, 15) is 35.3 Å². The van der Waals surface area contributed by atoms with E-state index < -0.39 is 50.0 Å². The van der Waals surface area contributed by atoms with Crippen LogP contribution in [0.5, 0.6) is 34.5 Å². The highest BCUT2D eigenvalue weighted by molar-refractivity contribution is 5.94. The number of aromatic hydroxyl groups is 4. The monoisotopic (exact) mass is 391 g/mol. The number of ether oxygens (including phenoxy) is 2. The molecule has 3 aromatic rings. The SMILES string of the molecule is COc1cc(-c2cc(=O)c3c(O)c(O)c(O)c(O)c3o2)cc(OC)c1[N+](=O)[O-]. The summed E-state index contributed by atoms with van der Waals surface area (Å²) < 4.78 is 15.4. The van der Waals surface area contributed by atoms with Crippen LogP contribution in [0.15, 0.2) is 27.4 Å². The van der Waals surface area contributed by atoms with Gasteiger partial charge in [0.2, 0.25) is 28.7 Å². The van der Waals surface area contributed by atoms with Crippen molar-refractivity contribution in [1.29, 1.82) is 0 Å². The van der Waals surface area contributed by atoms with Gasteiger partial charge in [-0.1, -0.05) is 0 Å². The van der Waals surface area contributed by atoms with E-state index in [1.807, 2.05) is 0 Å². The maximum absolute atomic E-state index is 12.4. The fourth-order valence-corrected chi connectivity index (χ4v) is 2.69. The molecular weight excluding hydrogens is 378 g/mol. The summed E-state index contributed by atoms with van der Waals surface area (Å²) in [5.41, 5.74) is -1.77. The first-order chi connectivity index (χ1) is 13.2. The van der Waals surface area contributed by atoms with Crippen LogP contribution >= 0.6 is 0 Å². The molecule has 28 heavy (non-hydrogen) atoms. The third kappa shape index (κ3) is 2.65. The molecule has 0 amide bonds. The lowest BCUT2D eigenvalue weighted by molar-refractivity contribution is -0.386. The zero-order valence-corrected chi connectivity index (χ0v) is 14.4. The second kappa shape index (κ2) is 6.54. The number of benzene rings is 2. The van der Waals surface area contributed by atoms with Gasteiger partial charge >= 0.3 is 5.69 Å². The molecule has 0 spiro atoms. The lowest BCUT2D eigenvalue weighted by Gasteiger charge is -2.11.